The van der Waals surface area contributed by atoms with Gasteiger partial charge >= 0.3 is 5.97 Å². The fraction of sp³-hybridized carbons (Fsp3) is 0.474. The van der Waals surface area contributed by atoms with Crippen molar-refractivity contribution in [3.63, 3.8) is 0 Å². The Morgan fingerprint density at radius 3 is 2.65 bits per heavy atom. The van der Waals surface area contributed by atoms with Crippen LogP contribution in [0.4, 0.5) is 0 Å². The molecular formula is C19H23N3O4. The molecule has 1 amide bonds. The van der Waals surface area contributed by atoms with Gasteiger partial charge in [0, 0.05) is 11.4 Å². The number of carbonyl (C=O) groups is 2. The third-order valence-corrected chi connectivity index (χ3v) is 4.72. The van der Waals surface area contributed by atoms with Gasteiger partial charge in [-0.2, -0.15) is 5.10 Å². The van der Waals surface area contributed by atoms with Crippen LogP contribution in [0, 0.1) is 0 Å². The van der Waals surface area contributed by atoms with Crippen LogP contribution >= 0.6 is 0 Å². The van der Waals surface area contributed by atoms with Gasteiger partial charge in [-0.15, -0.1) is 0 Å². The summed E-state index contributed by atoms with van der Waals surface area (Å²) in [6, 6.07) is 7.10. The molecule has 0 saturated heterocycles. The van der Waals surface area contributed by atoms with Crippen molar-refractivity contribution in [3.8, 4) is 0 Å². The van der Waals surface area contributed by atoms with Gasteiger partial charge in [-0.3, -0.25) is 14.4 Å². The monoisotopic (exact) mass is 357 g/mol. The highest BCUT2D eigenvalue weighted by atomic mass is 16.5. The predicted molar refractivity (Wildman–Crippen MR) is 96.6 cm³/mol. The standard InChI is InChI=1S/C19H23N3O4/c1-12(18(24)20-13-7-3-2-4-8-13)26-17(23)11-16-14-9-5-6-10-15(14)19(25)22-21-16/h5-6,9-10,12-13H,2-4,7-8,11H2,1H3,(H,20,24)(H,22,25)/t12-/m0/s1. The molecule has 1 fully saturated rings. The van der Waals surface area contributed by atoms with Gasteiger partial charge < -0.3 is 10.1 Å². The molecule has 1 heterocycles. The first-order chi connectivity index (χ1) is 12.5. The van der Waals surface area contributed by atoms with Crippen LogP contribution in [0.15, 0.2) is 29.1 Å². The van der Waals surface area contributed by atoms with Crippen molar-refractivity contribution >= 4 is 22.6 Å². The molecule has 1 aliphatic rings. The highest BCUT2D eigenvalue weighted by molar-refractivity contribution is 5.88. The molecule has 26 heavy (non-hydrogen) atoms. The fourth-order valence-electron chi connectivity index (χ4n) is 3.30. The summed E-state index contributed by atoms with van der Waals surface area (Å²) in [5, 5.41) is 10.4. The van der Waals surface area contributed by atoms with Crippen LogP contribution in [-0.2, 0) is 20.7 Å². The van der Waals surface area contributed by atoms with Crippen LogP contribution in [0.1, 0.15) is 44.7 Å². The molecule has 1 aromatic carbocycles. The van der Waals surface area contributed by atoms with Crippen LogP contribution in [0.2, 0.25) is 0 Å². The molecule has 1 aliphatic carbocycles. The predicted octanol–water partition coefficient (Wildman–Crippen LogP) is 1.85. The Balaban J connectivity index is 1.61. The summed E-state index contributed by atoms with van der Waals surface area (Å²) in [4.78, 5) is 36.2. The second kappa shape index (κ2) is 8.12. The van der Waals surface area contributed by atoms with E-state index in [0.717, 1.165) is 25.7 Å². The maximum Gasteiger partial charge on any atom is 0.312 e. The minimum absolute atomic E-state index is 0.113. The van der Waals surface area contributed by atoms with Crippen molar-refractivity contribution in [1.82, 2.24) is 15.5 Å². The third-order valence-electron chi connectivity index (χ3n) is 4.72. The van der Waals surface area contributed by atoms with Crippen molar-refractivity contribution in [2.45, 2.75) is 57.6 Å². The molecular weight excluding hydrogens is 334 g/mol. The molecule has 0 aliphatic heterocycles. The fourth-order valence-corrected chi connectivity index (χ4v) is 3.30. The van der Waals surface area contributed by atoms with Gasteiger partial charge in [-0.05, 0) is 25.8 Å². The maximum absolute atomic E-state index is 12.2. The number of hydrogen-bond donors (Lipinski definition) is 2. The molecule has 138 valence electrons. The zero-order valence-corrected chi connectivity index (χ0v) is 14.8. The van der Waals surface area contributed by atoms with E-state index in [1.165, 1.54) is 6.42 Å². The molecule has 1 atom stereocenters. The lowest BCUT2D eigenvalue weighted by atomic mass is 9.95. The number of nitrogens with one attached hydrogen (secondary N) is 2. The van der Waals surface area contributed by atoms with Crippen LogP contribution in [0.3, 0.4) is 0 Å². The van der Waals surface area contributed by atoms with Gasteiger partial charge in [0.15, 0.2) is 6.10 Å². The first kappa shape index (κ1) is 18.1. The molecule has 7 nitrogen and oxygen atoms in total. The number of rotatable bonds is 5. The Hall–Kier alpha value is -2.70. The number of H-pyrrole nitrogens is 1. The molecule has 2 N–H and O–H groups in total. The molecule has 1 aromatic heterocycles. The molecule has 0 unspecified atom stereocenters. The van der Waals surface area contributed by atoms with Crippen molar-refractivity contribution < 1.29 is 14.3 Å². The van der Waals surface area contributed by atoms with E-state index in [0.29, 0.717) is 16.5 Å². The summed E-state index contributed by atoms with van der Waals surface area (Å²) in [7, 11) is 0. The Kier molecular flexibility index (Phi) is 5.65. The highest BCUT2D eigenvalue weighted by Gasteiger charge is 2.23. The maximum atomic E-state index is 12.2. The highest BCUT2D eigenvalue weighted by Crippen LogP contribution is 2.18. The van der Waals surface area contributed by atoms with Crippen LogP contribution in [0.25, 0.3) is 10.8 Å². The number of carbonyl (C=O) groups excluding carboxylic acids is 2. The minimum atomic E-state index is -0.863. The normalized spacial score (nSPS) is 16.2. The zero-order valence-electron chi connectivity index (χ0n) is 14.8. The smallest absolute Gasteiger partial charge is 0.312 e. The van der Waals surface area contributed by atoms with E-state index in [1.807, 2.05) is 0 Å². The number of aromatic nitrogens is 2. The second-order valence-corrected chi connectivity index (χ2v) is 6.70. The Morgan fingerprint density at radius 1 is 1.23 bits per heavy atom. The number of ether oxygens (including phenoxy) is 1. The van der Waals surface area contributed by atoms with Crippen molar-refractivity contribution in [2.24, 2.45) is 0 Å². The second-order valence-electron chi connectivity index (χ2n) is 6.70. The lowest BCUT2D eigenvalue weighted by molar-refractivity contribution is -0.154. The number of hydrogen-bond acceptors (Lipinski definition) is 5. The molecule has 2 aromatic rings. The van der Waals surface area contributed by atoms with E-state index >= 15 is 0 Å². The summed E-state index contributed by atoms with van der Waals surface area (Å²) < 4.78 is 5.25. The molecule has 0 spiro atoms. The van der Waals surface area contributed by atoms with Gasteiger partial charge in [0.05, 0.1) is 17.5 Å². The number of amides is 1. The third kappa shape index (κ3) is 4.28. The minimum Gasteiger partial charge on any atom is -0.452 e. The lowest BCUT2D eigenvalue weighted by Crippen LogP contribution is -2.43. The molecule has 1 saturated carbocycles. The van der Waals surface area contributed by atoms with Crippen molar-refractivity contribution in [3.05, 3.63) is 40.3 Å². The van der Waals surface area contributed by atoms with Gasteiger partial charge in [-0.25, -0.2) is 5.10 Å². The van der Waals surface area contributed by atoms with E-state index in [4.69, 9.17) is 4.74 Å². The Bertz CT molecular complexity index is 855. The lowest BCUT2D eigenvalue weighted by Gasteiger charge is -2.24. The molecule has 0 radical (unpaired) electrons. The largest absolute Gasteiger partial charge is 0.452 e. The number of aromatic amines is 1. The first-order valence-electron chi connectivity index (χ1n) is 9.01. The molecule has 7 heteroatoms. The Labute approximate surface area is 151 Å². The summed E-state index contributed by atoms with van der Waals surface area (Å²) in [5.41, 5.74) is 0.114. The van der Waals surface area contributed by atoms with Crippen LogP contribution < -0.4 is 10.9 Å². The topological polar surface area (TPSA) is 101 Å². The summed E-state index contributed by atoms with van der Waals surface area (Å²) in [6.45, 7) is 1.56. The number of fused-ring (bicyclic) bond motifs is 1. The summed E-state index contributed by atoms with van der Waals surface area (Å²) in [5.74, 6) is -0.828. The van der Waals surface area contributed by atoms with E-state index in [1.54, 1.807) is 31.2 Å². The van der Waals surface area contributed by atoms with E-state index in [9.17, 15) is 14.4 Å². The van der Waals surface area contributed by atoms with Gasteiger partial charge in [0.25, 0.3) is 11.5 Å². The van der Waals surface area contributed by atoms with Gasteiger partial charge in [-0.1, -0.05) is 37.5 Å². The molecule has 3 rings (SSSR count). The van der Waals surface area contributed by atoms with Gasteiger partial charge in [0.2, 0.25) is 0 Å². The SMILES string of the molecule is C[C@H](OC(=O)Cc1n[nH]c(=O)c2ccccc12)C(=O)NC1CCCCC1. The first-order valence-corrected chi connectivity index (χ1v) is 9.01. The molecule has 0 bridgehead atoms. The Morgan fingerprint density at radius 2 is 1.92 bits per heavy atom. The van der Waals surface area contributed by atoms with E-state index in [2.05, 4.69) is 15.5 Å². The average molecular weight is 357 g/mol. The van der Waals surface area contributed by atoms with E-state index < -0.39 is 12.1 Å². The van der Waals surface area contributed by atoms with Crippen LogP contribution in [0.5, 0.6) is 0 Å². The zero-order chi connectivity index (χ0) is 18.5. The van der Waals surface area contributed by atoms with Crippen molar-refractivity contribution in [2.75, 3.05) is 0 Å². The average Bonchev–Trinajstić information content (AvgIpc) is 2.65. The van der Waals surface area contributed by atoms with Crippen molar-refractivity contribution in [1.29, 1.82) is 0 Å². The summed E-state index contributed by atoms with van der Waals surface area (Å²) in [6.07, 6.45) is 4.40. The number of nitrogens with zero attached hydrogens (tertiary/aromatic N) is 1. The summed E-state index contributed by atoms with van der Waals surface area (Å²) >= 11 is 0. The number of benzene rings is 1. The number of esters is 1. The quantitative estimate of drug-likeness (QED) is 0.795. The van der Waals surface area contributed by atoms with E-state index in [-0.39, 0.29) is 23.9 Å². The van der Waals surface area contributed by atoms with Crippen LogP contribution in [-0.4, -0.2) is 34.2 Å². The van der Waals surface area contributed by atoms with Gasteiger partial charge in [0.1, 0.15) is 0 Å².